The molecule has 0 amide bonds. The lowest BCUT2D eigenvalue weighted by Gasteiger charge is -2.28. The highest BCUT2D eigenvalue weighted by molar-refractivity contribution is 7.99. The zero-order valence-corrected chi connectivity index (χ0v) is 14.0. The van der Waals surface area contributed by atoms with Crippen molar-refractivity contribution in [3.8, 4) is 11.5 Å². The lowest BCUT2D eigenvalue weighted by atomic mass is 9.95. The molecule has 3 nitrogen and oxygen atoms in total. The van der Waals surface area contributed by atoms with Crippen LogP contribution in [0.25, 0.3) is 0 Å². The Morgan fingerprint density at radius 2 is 1.95 bits per heavy atom. The summed E-state index contributed by atoms with van der Waals surface area (Å²) in [7, 11) is 0. The van der Waals surface area contributed by atoms with E-state index < -0.39 is 0 Å². The molecule has 1 aliphatic carbocycles. The predicted molar refractivity (Wildman–Crippen MR) is 90.7 cm³/mol. The number of thioether (sulfide) groups is 1. The molecular formula is C17H27NO2S. The number of ether oxygens (including phenoxy) is 2. The van der Waals surface area contributed by atoms with Gasteiger partial charge >= 0.3 is 0 Å². The molecule has 118 valence electrons. The van der Waals surface area contributed by atoms with Gasteiger partial charge in [0.2, 0.25) is 0 Å². The van der Waals surface area contributed by atoms with Crippen molar-refractivity contribution in [2.24, 2.45) is 0 Å². The van der Waals surface area contributed by atoms with Crippen molar-refractivity contribution in [3.63, 3.8) is 0 Å². The van der Waals surface area contributed by atoms with E-state index in [-0.39, 0.29) is 0 Å². The van der Waals surface area contributed by atoms with Crippen LogP contribution in [0, 0.1) is 0 Å². The Kier molecular flexibility index (Phi) is 7.24. The zero-order chi connectivity index (χ0) is 14.9. The number of benzene rings is 1. The van der Waals surface area contributed by atoms with E-state index in [1.807, 2.05) is 43.0 Å². The molecule has 1 aliphatic rings. The summed E-state index contributed by atoms with van der Waals surface area (Å²) >= 11 is 2.01. The van der Waals surface area contributed by atoms with Crippen molar-refractivity contribution < 1.29 is 9.47 Å². The van der Waals surface area contributed by atoms with Crippen LogP contribution in [0.1, 0.15) is 32.6 Å². The van der Waals surface area contributed by atoms with E-state index >= 15 is 0 Å². The Labute approximate surface area is 132 Å². The summed E-state index contributed by atoms with van der Waals surface area (Å²) in [5.74, 6) is 1.67. The van der Waals surface area contributed by atoms with Crippen LogP contribution in [0.3, 0.4) is 0 Å². The minimum Gasteiger partial charge on any atom is -0.490 e. The van der Waals surface area contributed by atoms with Crippen LogP contribution in [0.5, 0.6) is 11.5 Å². The maximum atomic E-state index is 5.84. The average molecular weight is 309 g/mol. The monoisotopic (exact) mass is 309 g/mol. The van der Waals surface area contributed by atoms with Gasteiger partial charge in [0.1, 0.15) is 6.61 Å². The molecule has 2 atom stereocenters. The summed E-state index contributed by atoms with van der Waals surface area (Å²) in [6.45, 7) is 4.23. The Bertz CT molecular complexity index is 414. The summed E-state index contributed by atoms with van der Waals surface area (Å²) in [6.07, 6.45) is 7.53. The second-order valence-corrected chi connectivity index (χ2v) is 6.54. The first-order valence-corrected chi connectivity index (χ1v) is 9.23. The lowest BCUT2D eigenvalue weighted by molar-refractivity contribution is 0.265. The molecule has 0 aromatic heterocycles. The van der Waals surface area contributed by atoms with Gasteiger partial charge in [-0.2, -0.15) is 11.8 Å². The molecule has 2 unspecified atom stereocenters. The minimum absolute atomic E-state index is 0.655. The van der Waals surface area contributed by atoms with Crippen molar-refractivity contribution in [1.29, 1.82) is 0 Å². The standard InChI is InChI=1S/C17H27NO2S/c1-3-19-16-9-4-5-10-17(16)20-12-11-18-14-7-6-8-15(13-14)21-2/h4-5,9-10,14-15,18H,3,6-8,11-13H2,1-2H3. The van der Waals surface area contributed by atoms with Gasteiger partial charge < -0.3 is 14.8 Å². The molecule has 0 saturated heterocycles. The van der Waals surface area contributed by atoms with Crippen LogP contribution in [0.4, 0.5) is 0 Å². The van der Waals surface area contributed by atoms with Crippen molar-refractivity contribution >= 4 is 11.8 Å². The fraction of sp³-hybridized carbons (Fsp3) is 0.647. The van der Waals surface area contributed by atoms with E-state index in [1.165, 1.54) is 25.7 Å². The number of para-hydroxylation sites is 2. The SMILES string of the molecule is CCOc1ccccc1OCCNC1CCCC(SC)C1. The second-order valence-electron chi connectivity index (χ2n) is 5.40. The molecule has 1 aromatic rings. The third-order valence-corrected chi connectivity index (χ3v) is 5.00. The van der Waals surface area contributed by atoms with E-state index in [0.29, 0.717) is 19.3 Å². The van der Waals surface area contributed by atoms with E-state index in [2.05, 4.69) is 11.6 Å². The van der Waals surface area contributed by atoms with Crippen molar-refractivity contribution in [2.75, 3.05) is 26.0 Å². The third-order valence-electron chi connectivity index (χ3n) is 3.90. The zero-order valence-electron chi connectivity index (χ0n) is 13.1. The van der Waals surface area contributed by atoms with Gasteiger partial charge in [-0.3, -0.25) is 0 Å². The Balaban J connectivity index is 1.70. The Morgan fingerprint density at radius 3 is 2.67 bits per heavy atom. The van der Waals surface area contributed by atoms with Gasteiger partial charge in [-0.25, -0.2) is 0 Å². The van der Waals surface area contributed by atoms with Crippen LogP contribution < -0.4 is 14.8 Å². The molecule has 0 spiro atoms. The molecule has 1 aromatic carbocycles. The van der Waals surface area contributed by atoms with Crippen LogP contribution in [-0.4, -0.2) is 37.3 Å². The van der Waals surface area contributed by atoms with Crippen molar-refractivity contribution in [1.82, 2.24) is 5.32 Å². The summed E-state index contributed by atoms with van der Waals surface area (Å²) in [5.41, 5.74) is 0. The fourth-order valence-corrected chi connectivity index (χ4v) is 3.64. The largest absolute Gasteiger partial charge is 0.490 e. The molecule has 0 bridgehead atoms. The molecule has 4 heteroatoms. The highest BCUT2D eigenvalue weighted by Gasteiger charge is 2.20. The van der Waals surface area contributed by atoms with E-state index in [4.69, 9.17) is 9.47 Å². The maximum absolute atomic E-state index is 5.84. The Hall–Kier alpha value is -0.870. The number of hydrogen-bond donors (Lipinski definition) is 1. The maximum Gasteiger partial charge on any atom is 0.161 e. The first-order valence-electron chi connectivity index (χ1n) is 7.94. The van der Waals surface area contributed by atoms with Crippen LogP contribution in [0.15, 0.2) is 24.3 Å². The lowest BCUT2D eigenvalue weighted by Crippen LogP contribution is -2.37. The van der Waals surface area contributed by atoms with Crippen LogP contribution in [0.2, 0.25) is 0 Å². The highest BCUT2D eigenvalue weighted by atomic mass is 32.2. The average Bonchev–Trinajstić information content (AvgIpc) is 2.53. The van der Waals surface area contributed by atoms with Gasteiger partial charge in [0.25, 0.3) is 0 Å². The topological polar surface area (TPSA) is 30.5 Å². The fourth-order valence-electron chi connectivity index (χ4n) is 2.81. The van der Waals surface area contributed by atoms with Gasteiger partial charge in [-0.05, 0) is 44.6 Å². The Morgan fingerprint density at radius 1 is 1.19 bits per heavy atom. The molecule has 1 fully saturated rings. The van der Waals surface area contributed by atoms with Gasteiger partial charge in [0.05, 0.1) is 6.61 Å². The molecule has 21 heavy (non-hydrogen) atoms. The second kappa shape index (κ2) is 9.21. The molecule has 0 heterocycles. The van der Waals surface area contributed by atoms with E-state index in [1.54, 1.807) is 0 Å². The molecule has 0 radical (unpaired) electrons. The third kappa shape index (κ3) is 5.44. The number of nitrogens with one attached hydrogen (secondary N) is 1. The van der Waals surface area contributed by atoms with Gasteiger partial charge in [-0.1, -0.05) is 18.6 Å². The summed E-state index contributed by atoms with van der Waals surface area (Å²) in [5, 5.41) is 4.46. The van der Waals surface area contributed by atoms with Gasteiger partial charge in [0, 0.05) is 17.8 Å². The highest BCUT2D eigenvalue weighted by Crippen LogP contribution is 2.27. The van der Waals surface area contributed by atoms with Gasteiger partial charge in [0.15, 0.2) is 11.5 Å². The first-order chi connectivity index (χ1) is 10.3. The minimum atomic E-state index is 0.655. The molecule has 2 rings (SSSR count). The number of hydrogen-bond acceptors (Lipinski definition) is 4. The smallest absolute Gasteiger partial charge is 0.161 e. The van der Waals surface area contributed by atoms with Crippen LogP contribution in [-0.2, 0) is 0 Å². The van der Waals surface area contributed by atoms with Crippen molar-refractivity contribution in [2.45, 2.75) is 43.9 Å². The predicted octanol–water partition coefficient (Wildman–Crippen LogP) is 3.73. The van der Waals surface area contributed by atoms with Gasteiger partial charge in [-0.15, -0.1) is 0 Å². The first kappa shape index (κ1) is 16.5. The van der Waals surface area contributed by atoms with Crippen LogP contribution >= 0.6 is 11.8 Å². The quantitative estimate of drug-likeness (QED) is 0.741. The number of rotatable bonds is 8. The molecule has 1 N–H and O–H groups in total. The molecular weight excluding hydrogens is 282 g/mol. The molecule has 0 aliphatic heterocycles. The summed E-state index contributed by atoms with van der Waals surface area (Å²) in [4.78, 5) is 0. The van der Waals surface area contributed by atoms with E-state index in [9.17, 15) is 0 Å². The normalized spacial score (nSPS) is 22.0. The van der Waals surface area contributed by atoms with E-state index in [0.717, 1.165) is 23.3 Å². The summed E-state index contributed by atoms with van der Waals surface area (Å²) < 4.78 is 11.4. The molecule has 1 saturated carbocycles. The summed E-state index contributed by atoms with van der Waals surface area (Å²) in [6, 6.07) is 8.53. The van der Waals surface area contributed by atoms with Crippen molar-refractivity contribution in [3.05, 3.63) is 24.3 Å².